The van der Waals surface area contributed by atoms with Gasteiger partial charge in [0.25, 0.3) is 0 Å². The highest BCUT2D eigenvalue weighted by atomic mass is 16.6. The Morgan fingerprint density at radius 2 is 1.63 bits per heavy atom. The van der Waals surface area contributed by atoms with E-state index in [4.69, 9.17) is 10.00 Å². The Kier molecular flexibility index (Phi) is 5.76. The van der Waals surface area contributed by atoms with Crippen LogP contribution in [-0.4, -0.2) is 47.7 Å². The van der Waals surface area contributed by atoms with Gasteiger partial charge in [0.15, 0.2) is 0 Å². The van der Waals surface area contributed by atoms with Gasteiger partial charge in [-0.15, -0.1) is 0 Å². The van der Waals surface area contributed by atoms with Crippen molar-refractivity contribution in [2.24, 2.45) is 5.41 Å². The van der Waals surface area contributed by atoms with E-state index in [1.807, 2.05) is 37.8 Å². The lowest BCUT2D eigenvalue weighted by molar-refractivity contribution is -0.00311. The maximum absolute atomic E-state index is 12.3. The summed E-state index contributed by atoms with van der Waals surface area (Å²) in [6, 6.07) is 10.1. The van der Waals surface area contributed by atoms with Crippen molar-refractivity contribution in [3.63, 3.8) is 0 Å². The van der Waals surface area contributed by atoms with E-state index in [0.29, 0.717) is 11.0 Å². The summed E-state index contributed by atoms with van der Waals surface area (Å²) in [4.78, 5) is 16.6. The quantitative estimate of drug-likeness (QED) is 0.785. The average Bonchev–Trinajstić information content (AvgIpc) is 2.64. The maximum atomic E-state index is 12.3. The van der Waals surface area contributed by atoms with Crippen molar-refractivity contribution in [3.05, 3.63) is 35.4 Å². The summed E-state index contributed by atoms with van der Waals surface area (Å²) in [7, 11) is 0. The van der Waals surface area contributed by atoms with Gasteiger partial charge in [-0.05, 0) is 82.7 Å². The first-order valence-electron chi connectivity index (χ1n) is 9.98. The number of nitrogens with zero attached hydrogens (tertiary/aromatic N) is 3. The molecule has 2 fully saturated rings. The number of hydrogen-bond acceptors (Lipinski definition) is 4. The molecule has 146 valence electrons. The molecule has 0 aromatic heterocycles. The molecule has 0 aliphatic carbocycles. The molecule has 0 saturated carbocycles. The predicted octanol–water partition coefficient (Wildman–Crippen LogP) is 4.17. The number of carbonyl (C=O) groups excluding carboxylic acids is 1. The number of ether oxygens (including phenoxy) is 1. The van der Waals surface area contributed by atoms with Crippen molar-refractivity contribution in [3.8, 4) is 6.07 Å². The van der Waals surface area contributed by atoms with Gasteiger partial charge >= 0.3 is 6.09 Å². The second-order valence-corrected chi connectivity index (χ2v) is 9.05. The number of likely N-dealkylation sites (tertiary alicyclic amines) is 2. The first-order chi connectivity index (χ1) is 12.8. The van der Waals surface area contributed by atoms with E-state index in [9.17, 15) is 4.79 Å². The molecule has 1 amide bonds. The maximum Gasteiger partial charge on any atom is 0.410 e. The lowest BCUT2D eigenvalue weighted by atomic mass is 9.71. The van der Waals surface area contributed by atoms with Gasteiger partial charge in [-0.1, -0.05) is 12.1 Å². The van der Waals surface area contributed by atoms with Gasteiger partial charge in [0, 0.05) is 19.6 Å². The van der Waals surface area contributed by atoms with E-state index in [-0.39, 0.29) is 6.09 Å². The molecule has 0 unspecified atom stereocenters. The summed E-state index contributed by atoms with van der Waals surface area (Å²) in [5.74, 6) is 0. The number of piperidine rings is 2. The van der Waals surface area contributed by atoms with Gasteiger partial charge in [0.05, 0.1) is 11.6 Å². The summed E-state index contributed by atoms with van der Waals surface area (Å²) >= 11 is 0. The molecule has 2 aliphatic rings. The lowest BCUT2D eigenvalue weighted by Gasteiger charge is -2.46. The van der Waals surface area contributed by atoms with Gasteiger partial charge in [0.2, 0.25) is 0 Å². The van der Waals surface area contributed by atoms with Gasteiger partial charge in [0.1, 0.15) is 5.60 Å². The van der Waals surface area contributed by atoms with Gasteiger partial charge in [-0.25, -0.2) is 4.79 Å². The first-order valence-corrected chi connectivity index (χ1v) is 9.98. The normalized spacial score (nSPS) is 20.3. The molecule has 1 spiro atoms. The van der Waals surface area contributed by atoms with E-state index >= 15 is 0 Å². The summed E-state index contributed by atoms with van der Waals surface area (Å²) in [6.45, 7) is 10.5. The fourth-order valence-corrected chi connectivity index (χ4v) is 4.12. The number of carbonyl (C=O) groups is 1. The van der Waals surface area contributed by atoms with E-state index in [1.165, 1.54) is 18.4 Å². The van der Waals surface area contributed by atoms with E-state index < -0.39 is 5.60 Å². The number of benzene rings is 1. The molecule has 1 aromatic rings. The molecule has 0 radical (unpaired) electrons. The lowest BCUT2D eigenvalue weighted by Crippen LogP contribution is -2.49. The first kappa shape index (κ1) is 19.7. The Balaban J connectivity index is 1.46. The Bertz CT molecular complexity index is 682. The van der Waals surface area contributed by atoms with Crippen molar-refractivity contribution < 1.29 is 9.53 Å². The van der Waals surface area contributed by atoms with Crippen molar-refractivity contribution in [1.29, 1.82) is 5.26 Å². The molecule has 5 nitrogen and oxygen atoms in total. The Labute approximate surface area is 162 Å². The molecular formula is C22H31N3O2. The van der Waals surface area contributed by atoms with Crippen LogP contribution in [0.5, 0.6) is 0 Å². The third-order valence-corrected chi connectivity index (χ3v) is 5.88. The van der Waals surface area contributed by atoms with E-state index in [0.717, 1.165) is 45.6 Å². The molecule has 3 rings (SSSR count). The molecule has 2 aliphatic heterocycles. The second kappa shape index (κ2) is 7.90. The number of hydrogen-bond donors (Lipinski definition) is 0. The average molecular weight is 370 g/mol. The molecule has 5 heteroatoms. The summed E-state index contributed by atoms with van der Waals surface area (Å²) in [6.07, 6.45) is 4.39. The van der Waals surface area contributed by atoms with Gasteiger partial charge in [-0.3, -0.25) is 4.90 Å². The van der Waals surface area contributed by atoms with Crippen LogP contribution in [0.2, 0.25) is 0 Å². The molecule has 2 heterocycles. The summed E-state index contributed by atoms with van der Waals surface area (Å²) in [5, 5.41) is 8.91. The molecular weight excluding hydrogens is 338 g/mol. The zero-order chi connectivity index (χ0) is 19.5. The molecule has 0 atom stereocenters. The fourth-order valence-electron chi connectivity index (χ4n) is 4.12. The zero-order valence-corrected chi connectivity index (χ0v) is 16.8. The smallest absolute Gasteiger partial charge is 0.410 e. The second-order valence-electron chi connectivity index (χ2n) is 9.05. The predicted molar refractivity (Wildman–Crippen MR) is 105 cm³/mol. The topological polar surface area (TPSA) is 56.6 Å². The molecule has 2 saturated heterocycles. The van der Waals surface area contributed by atoms with Crippen molar-refractivity contribution in [2.75, 3.05) is 26.2 Å². The number of rotatable bonds is 2. The van der Waals surface area contributed by atoms with E-state index in [1.54, 1.807) is 0 Å². The van der Waals surface area contributed by atoms with Gasteiger partial charge in [-0.2, -0.15) is 5.26 Å². The number of amides is 1. The van der Waals surface area contributed by atoms with Crippen LogP contribution in [-0.2, 0) is 11.3 Å². The standard InChI is InChI=1S/C22H31N3O2/c1-21(2,3)27-20(26)25-14-10-22(11-15-25)8-12-24(13-9-22)17-19-6-4-18(16-23)5-7-19/h4-7H,8-15,17H2,1-3H3. The third kappa shape index (κ3) is 5.23. The van der Waals surface area contributed by atoms with Crippen LogP contribution in [0.15, 0.2) is 24.3 Å². The Morgan fingerprint density at radius 1 is 1.07 bits per heavy atom. The monoisotopic (exact) mass is 369 g/mol. The molecule has 1 aromatic carbocycles. The van der Waals surface area contributed by atoms with Crippen LogP contribution < -0.4 is 0 Å². The van der Waals surface area contributed by atoms with Crippen LogP contribution in [0.3, 0.4) is 0 Å². The summed E-state index contributed by atoms with van der Waals surface area (Å²) in [5.41, 5.74) is 1.95. The fraction of sp³-hybridized carbons (Fsp3) is 0.636. The minimum Gasteiger partial charge on any atom is -0.444 e. The van der Waals surface area contributed by atoms with Crippen molar-refractivity contribution in [1.82, 2.24) is 9.80 Å². The minimum atomic E-state index is -0.428. The SMILES string of the molecule is CC(C)(C)OC(=O)N1CCC2(CCN(Cc3ccc(C#N)cc3)CC2)CC1. The van der Waals surface area contributed by atoms with Crippen LogP contribution in [0.25, 0.3) is 0 Å². The molecule has 27 heavy (non-hydrogen) atoms. The Hall–Kier alpha value is -2.06. The molecule has 0 bridgehead atoms. The largest absolute Gasteiger partial charge is 0.444 e. The van der Waals surface area contributed by atoms with Crippen molar-refractivity contribution in [2.45, 2.75) is 58.6 Å². The zero-order valence-electron chi connectivity index (χ0n) is 16.8. The van der Waals surface area contributed by atoms with Crippen LogP contribution in [0, 0.1) is 16.7 Å². The van der Waals surface area contributed by atoms with Gasteiger partial charge < -0.3 is 9.64 Å². The highest BCUT2D eigenvalue weighted by Crippen LogP contribution is 2.41. The Morgan fingerprint density at radius 3 is 2.15 bits per heavy atom. The minimum absolute atomic E-state index is 0.171. The van der Waals surface area contributed by atoms with E-state index in [2.05, 4.69) is 23.1 Å². The van der Waals surface area contributed by atoms with Crippen molar-refractivity contribution >= 4 is 6.09 Å². The highest BCUT2D eigenvalue weighted by molar-refractivity contribution is 5.68. The third-order valence-electron chi connectivity index (χ3n) is 5.88. The van der Waals surface area contributed by atoms with Crippen LogP contribution in [0.4, 0.5) is 4.79 Å². The summed E-state index contributed by atoms with van der Waals surface area (Å²) < 4.78 is 5.51. The number of nitriles is 1. The van der Waals surface area contributed by atoms with Crippen LogP contribution >= 0.6 is 0 Å². The highest BCUT2D eigenvalue weighted by Gasteiger charge is 2.39. The van der Waals surface area contributed by atoms with Crippen LogP contribution in [0.1, 0.15) is 57.6 Å². The molecule has 0 N–H and O–H groups in total.